The van der Waals surface area contributed by atoms with E-state index in [2.05, 4.69) is 19.2 Å². The Hall–Kier alpha value is -2.29. The van der Waals surface area contributed by atoms with Gasteiger partial charge in [-0.3, -0.25) is 4.79 Å². The van der Waals surface area contributed by atoms with E-state index in [0.717, 1.165) is 12.1 Å². The molecule has 1 atom stereocenters. The van der Waals surface area contributed by atoms with Crippen LogP contribution in [0.4, 0.5) is 5.69 Å². The van der Waals surface area contributed by atoms with Gasteiger partial charge in [-0.1, -0.05) is 38.1 Å². The Morgan fingerprint density at radius 1 is 1.15 bits per heavy atom. The number of carbonyl (C=O) groups excluding carboxylic acids is 1. The Morgan fingerprint density at radius 3 is 2.40 bits per heavy atom. The average Bonchev–Trinajstić information content (AvgIpc) is 2.47. The van der Waals surface area contributed by atoms with Gasteiger partial charge in [0.2, 0.25) is 0 Å². The van der Waals surface area contributed by atoms with Crippen molar-refractivity contribution in [2.75, 3.05) is 5.32 Å². The fourth-order valence-corrected chi connectivity index (χ4v) is 1.99. The second kappa shape index (κ2) is 6.24. The molecular weight excluding hydrogens is 250 g/mol. The van der Waals surface area contributed by atoms with Gasteiger partial charge in [0.05, 0.1) is 5.56 Å². The third kappa shape index (κ3) is 3.18. The highest BCUT2D eigenvalue weighted by Crippen LogP contribution is 2.22. The van der Waals surface area contributed by atoms with Gasteiger partial charge in [0, 0.05) is 5.69 Å². The van der Waals surface area contributed by atoms with Crippen LogP contribution in [0.25, 0.3) is 0 Å². The van der Waals surface area contributed by atoms with E-state index in [-0.39, 0.29) is 17.2 Å². The number of nitrogens with one attached hydrogen (secondary N) is 1. The predicted molar refractivity (Wildman–Crippen MR) is 81.2 cm³/mol. The molecule has 0 aromatic heterocycles. The Labute approximate surface area is 119 Å². The number of hydrogen-bond donors (Lipinski definition) is 2. The van der Waals surface area contributed by atoms with Crippen LogP contribution in [0, 0.1) is 0 Å². The van der Waals surface area contributed by atoms with E-state index in [9.17, 15) is 9.90 Å². The number of hydrogen-bond acceptors (Lipinski definition) is 2. The maximum absolute atomic E-state index is 12.0. The fraction of sp³-hybridized carbons (Fsp3) is 0.235. The lowest BCUT2D eigenvalue weighted by Crippen LogP contribution is -2.12. The second-order valence-corrected chi connectivity index (χ2v) is 4.90. The van der Waals surface area contributed by atoms with Crippen molar-refractivity contribution in [1.82, 2.24) is 0 Å². The molecule has 0 heterocycles. The molecule has 1 amide bonds. The highest BCUT2D eigenvalue weighted by atomic mass is 16.3. The predicted octanol–water partition coefficient (Wildman–Crippen LogP) is 4.16. The average molecular weight is 269 g/mol. The lowest BCUT2D eigenvalue weighted by atomic mass is 9.98. The van der Waals surface area contributed by atoms with Crippen LogP contribution in [-0.2, 0) is 0 Å². The molecule has 104 valence electrons. The monoisotopic (exact) mass is 269 g/mol. The zero-order chi connectivity index (χ0) is 14.5. The smallest absolute Gasteiger partial charge is 0.259 e. The number of rotatable bonds is 4. The largest absolute Gasteiger partial charge is 0.507 e. The van der Waals surface area contributed by atoms with Crippen LogP contribution in [0.3, 0.4) is 0 Å². The van der Waals surface area contributed by atoms with E-state index in [4.69, 9.17) is 0 Å². The lowest BCUT2D eigenvalue weighted by molar-refractivity contribution is 0.102. The Balaban J connectivity index is 2.11. The van der Waals surface area contributed by atoms with Gasteiger partial charge in [-0.25, -0.2) is 0 Å². The summed E-state index contributed by atoms with van der Waals surface area (Å²) in [6.45, 7) is 4.33. The van der Waals surface area contributed by atoms with Crippen molar-refractivity contribution >= 4 is 11.6 Å². The summed E-state index contributed by atoms with van der Waals surface area (Å²) in [4.78, 5) is 12.0. The molecule has 0 saturated heterocycles. The number of carbonyl (C=O) groups is 1. The molecule has 0 aliphatic carbocycles. The minimum absolute atomic E-state index is 0.0128. The summed E-state index contributed by atoms with van der Waals surface area (Å²) in [6, 6.07) is 14.3. The summed E-state index contributed by atoms with van der Waals surface area (Å²) in [5.74, 6) is 0.193. The highest BCUT2D eigenvalue weighted by Gasteiger charge is 2.10. The van der Waals surface area contributed by atoms with Gasteiger partial charge in [-0.2, -0.15) is 0 Å². The minimum Gasteiger partial charge on any atom is -0.507 e. The summed E-state index contributed by atoms with van der Waals surface area (Å²) in [6.07, 6.45) is 1.09. The first-order valence-corrected chi connectivity index (χ1v) is 6.81. The Morgan fingerprint density at radius 2 is 1.80 bits per heavy atom. The molecule has 2 N–H and O–H groups in total. The quantitative estimate of drug-likeness (QED) is 0.875. The highest BCUT2D eigenvalue weighted by molar-refractivity contribution is 6.06. The van der Waals surface area contributed by atoms with Crippen LogP contribution in [0.15, 0.2) is 48.5 Å². The van der Waals surface area contributed by atoms with Crippen LogP contribution < -0.4 is 5.32 Å². The second-order valence-electron chi connectivity index (χ2n) is 4.90. The van der Waals surface area contributed by atoms with E-state index in [0.29, 0.717) is 5.92 Å². The molecular formula is C17H19NO2. The van der Waals surface area contributed by atoms with Gasteiger partial charge in [0.25, 0.3) is 5.91 Å². The summed E-state index contributed by atoms with van der Waals surface area (Å²) < 4.78 is 0. The van der Waals surface area contributed by atoms with Crippen molar-refractivity contribution < 1.29 is 9.90 Å². The summed E-state index contributed by atoms with van der Waals surface area (Å²) in [5, 5.41) is 12.4. The normalized spacial score (nSPS) is 11.9. The standard InChI is InChI=1S/C17H19NO2/c1-3-12(2)13-8-10-14(11-9-13)18-17(20)15-6-4-5-7-16(15)19/h4-12,19H,3H2,1-2H3,(H,18,20). The maximum atomic E-state index is 12.0. The van der Waals surface area contributed by atoms with E-state index < -0.39 is 0 Å². The van der Waals surface area contributed by atoms with Crippen LogP contribution in [0.2, 0.25) is 0 Å². The maximum Gasteiger partial charge on any atom is 0.259 e. The molecule has 20 heavy (non-hydrogen) atoms. The molecule has 3 heteroatoms. The summed E-state index contributed by atoms with van der Waals surface area (Å²) >= 11 is 0. The molecule has 1 unspecified atom stereocenters. The number of benzene rings is 2. The summed E-state index contributed by atoms with van der Waals surface area (Å²) in [5.41, 5.74) is 2.26. The number of phenolic OH excluding ortho intramolecular Hbond substituents is 1. The molecule has 0 radical (unpaired) electrons. The van der Waals surface area contributed by atoms with E-state index in [1.54, 1.807) is 18.2 Å². The molecule has 2 aromatic carbocycles. The number of phenols is 1. The van der Waals surface area contributed by atoms with Crippen LogP contribution in [0.5, 0.6) is 5.75 Å². The first-order valence-electron chi connectivity index (χ1n) is 6.81. The number of aromatic hydroxyl groups is 1. The minimum atomic E-state index is -0.306. The third-order valence-corrected chi connectivity index (χ3v) is 3.50. The van der Waals surface area contributed by atoms with Crippen molar-refractivity contribution in [3.63, 3.8) is 0 Å². The van der Waals surface area contributed by atoms with Crippen molar-refractivity contribution in [3.05, 3.63) is 59.7 Å². The number of amides is 1. The summed E-state index contributed by atoms with van der Waals surface area (Å²) in [7, 11) is 0. The zero-order valence-electron chi connectivity index (χ0n) is 11.8. The van der Waals surface area contributed by atoms with Crippen LogP contribution in [0.1, 0.15) is 42.1 Å². The van der Waals surface area contributed by atoms with Crippen molar-refractivity contribution in [1.29, 1.82) is 0 Å². The fourth-order valence-electron chi connectivity index (χ4n) is 1.99. The third-order valence-electron chi connectivity index (χ3n) is 3.50. The van der Waals surface area contributed by atoms with E-state index in [1.165, 1.54) is 11.6 Å². The van der Waals surface area contributed by atoms with E-state index in [1.807, 2.05) is 24.3 Å². The molecule has 0 spiro atoms. The van der Waals surface area contributed by atoms with Gasteiger partial charge >= 0.3 is 0 Å². The molecule has 2 aromatic rings. The molecule has 2 rings (SSSR count). The van der Waals surface area contributed by atoms with Gasteiger partial charge in [0.1, 0.15) is 5.75 Å². The van der Waals surface area contributed by atoms with Crippen LogP contribution >= 0.6 is 0 Å². The Bertz CT molecular complexity index is 590. The van der Waals surface area contributed by atoms with Crippen molar-refractivity contribution in [2.45, 2.75) is 26.2 Å². The molecule has 3 nitrogen and oxygen atoms in total. The lowest BCUT2D eigenvalue weighted by Gasteiger charge is -2.11. The van der Waals surface area contributed by atoms with Gasteiger partial charge in [-0.15, -0.1) is 0 Å². The topological polar surface area (TPSA) is 49.3 Å². The molecule has 0 aliphatic rings. The van der Waals surface area contributed by atoms with E-state index >= 15 is 0 Å². The van der Waals surface area contributed by atoms with Crippen molar-refractivity contribution in [2.24, 2.45) is 0 Å². The van der Waals surface area contributed by atoms with Gasteiger partial charge < -0.3 is 10.4 Å². The molecule has 0 fully saturated rings. The first-order chi connectivity index (χ1) is 9.61. The van der Waals surface area contributed by atoms with Crippen LogP contribution in [-0.4, -0.2) is 11.0 Å². The number of para-hydroxylation sites is 1. The molecule has 0 bridgehead atoms. The van der Waals surface area contributed by atoms with Crippen molar-refractivity contribution in [3.8, 4) is 5.75 Å². The Kier molecular flexibility index (Phi) is 4.41. The molecule has 0 saturated carbocycles. The molecule has 0 aliphatic heterocycles. The number of anilines is 1. The van der Waals surface area contributed by atoms with Gasteiger partial charge in [-0.05, 0) is 42.2 Å². The first kappa shape index (κ1) is 14.1. The zero-order valence-corrected chi connectivity index (χ0v) is 11.8. The van der Waals surface area contributed by atoms with Gasteiger partial charge in [0.15, 0.2) is 0 Å². The SMILES string of the molecule is CCC(C)c1ccc(NC(=O)c2ccccc2O)cc1.